The Morgan fingerprint density at radius 3 is 2.80 bits per heavy atom. The van der Waals surface area contributed by atoms with Gasteiger partial charge in [-0.05, 0) is 43.2 Å². The van der Waals surface area contributed by atoms with Gasteiger partial charge in [0.1, 0.15) is 11.6 Å². The maximum Gasteiger partial charge on any atom is 0.323 e. The number of thiophene rings is 1. The van der Waals surface area contributed by atoms with Gasteiger partial charge in [0.05, 0.1) is 7.11 Å². The molecule has 0 aliphatic heterocycles. The fourth-order valence-electron chi connectivity index (χ4n) is 1.65. The van der Waals surface area contributed by atoms with Crippen LogP contribution in [0.5, 0.6) is 0 Å². The average Bonchev–Trinajstić information content (AvgIpc) is 3.04. The first kappa shape index (κ1) is 15.1. The van der Waals surface area contributed by atoms with Crippen LogP contribution in [0.1, 0.15) is 31.6 Å². The van der Waals surface area contributed by atoms with Crippen molar-refractivity contribution in [1.82, 2.24) is 14.8 Å². The summed E-state index contributed by atoms with van der Waals surface area (Å²) in [6.07, 6.45) is 1.68. The minimum absolute atomic E-state index is 0.138. The Bertz CT molecular complexity index is 573. The highest BCUT2D eigenvalue weighted by Crippen LogP contribution is 2.37. The van der Waals surface area contributed by atoms with Crippen LogP contribution in [0, 0.1) is 0 Å². The van der Waals surface area contributed by atoms with Gasteiger partial charge >= 0.3 is 5.97 Å². The largest absolute Gasteiger partial charge is 0.468 e. The van der Waals surface area contributed by atoms with Crippen molar-refractivity contribution in [2.45, 2.75) is 36.7 Å². The number of methoxy groups -OCH3 is 1. The molecular weight excluding hydrogens is 294 g/mol. The second-order valence-electron chi connectivity index (χ2n) is 5.23. The zero-order valence-electron chi connectivity index (χ0n) is 11.9. The van der Waals surface area contributed by atoms with Crippen molar-refractivity contribution in [2.75, 3.05) is 7.11 Å². The summed E-state index contributed by atoms with van der Waals surface area (Å²) in [5.74, 6) is -0.281. The molecule has 2 aromatic rings. The third-order valence-corrected chi connectivity index (χ3v) is 4.61. The van der Waals surface area contributed by atoms with Crippen molar-refractivity contribution in [1.29, 1.82) is 0 Å². The van der Waals surface area contributed by atoms with Crippen LogP contribution in [-0.2, 0) is 15.1 Å². The van der Waals surface area contributed by atoms with Gasteiger partial charge in [-0.25, -0.2) is 0 Å². The molecule has 0 radical (unpaired) electrons. The SMILES string of the molecule is COC(=O)[C@H](Sc1nncn1C(C)(C)C)c1ccsc1. The summed E-state index contributed by atoms with van der Waals surface area (Å²) in [5.41, 5.74) is 0.788. The normalized spacial score (nSPS) is 13.2. The Labute approximate surface area is 126 Å². The Kier molecular flexibility index (Phi) is 4.49. The van der Waals surface area contributed by atoms with Crippen LogP contribution in [0.4, 0.5) is 0 Å². The molecule has 2 rings (SSSR count). The van der Waals surface area contributed by atoms with Crippen molar-refractivity contribution in [2.24, 2.45) is 0 Å². The fraction of sp³-hybridized carbons (Fsp3) is 0.462. The van der Waals surface area contributed by atoms with Crippen molar-refractivity contribution in [3.63, 3.8) is 0 Å². The number of rotatable bonds is 4. The summed E-state index contributed by atoms with van der Waals surface area (Å²) in [4.78, 5) is 12.0. The number of hydrogen-bond acceptors (Lipinski definition) is 6. The molecule has 108 valence electrons. The number of aromatic nitrogens is 3. The monoisotopic (exact) mass is 311 g/mol. The maximum absolute atomic E-state index is 12.0. The zero-order valence-corrected chi connectivity index (χ0v) is 13.5. The number of esters is 1. The van der Waals surface area contributed by atoms with Crippen LogP contribution in [0.15, 0.2) is 28.3 Å². The summed E-state index contributed by atoms with van der Waals surface area (Å²) >= 11 is 2.91. The topological polar surface area (TPSA) is 57.0 Å². The van der Waals surface area contributed by atoms with Crippen LogP contribution in [0.2, 0.25) is 0 Å². The summed E-state index contributed by atoms with van der Waals surface area (Å²) in [6.45, 7) is 6.20. The number of thioether (sulfide) groups is 1. The third kappa shape index (κ3) is 3.21. The summed E-state index contributed by atoms with van der Waals surface area (Å²) in [7, 11) is 1.40. The molecule has 20 heavy (non-hydrogen) atoms. The van der Waals surface area contributed by atoms with E-state index in [0.29, 0.717) is 5.16 Å². The van der Waals surface area contributed by atoms with E-state index in [0.717, 1.165) is 5.56 Å². The van der Waals surface area contributed by atoms with Gasteiger partial charge in [0.15, 0.2) is 5.16 Å². The van der Waals surface area contributed by atoms with Crippen LogP contribution < -0.4 is 0 Å². The Morgan fingerprint density at radius 1 is 1.50 bits per heavy atom. The zero-order chi connectivity index (χ0) is 14.8. The maximum atomic E-state index is 12.0. The first-order chi connectivity index (χ1) is 9.43. The summed E-state index contributed by atoms with van der Waals surface area (Å²) in [5, 5.41) is 12.3. The van der Waals surface area contributed by atoms with Gasteiger partial charge in [-0.15, -0.1) is 10.2 Å². The van der Waals surface area contributed by atoms with Gasteiger partial charge in [-0.2, -0.15) is 11.3 Å². The first-order valence-corrected chi connectivity index (χ1v) is 7.93. The molecule has 2 heterocycles. The lowest BCUT2D eigenvalue weighted by Gasteiger charge is -2.23. The van der Waals surface area contributed by atoms with E-state index in [4.69, 9.17) is 4.74 Å². The van der Waals surface area contributed by atoms with Gasteiger partial charge in [0.25, 0.3) is 0 Å². The van der Waals surface area contributed by atoms with Crippen LogP contribution in [0.25, 0.3) is 0 Å². The third-order valence-electron chi connectivity index (χ3n) is 2.72. The van der Waals surface area contributed by atoms with E-state index in [9.17, 15) is 4.79 Å². The van der Waals surface area contributed by atoms with Gasteiger partial charge in [0.2, 0.25) is 0 Å². The molecule has 0 amide bonds. The predicted octanol–water partition coefficient (Wildman–Crippen LogP) is 3.10. The minimum Gasteiger partial charge on any atom is -0.468 e. The van der Waals surface area contributed by atoms with Crippen molar-refractivity contribution < 1.29 is 9.53 Å². The van der Waals surface area contributed by atoms with E-state index in [2.05, 4.69) is 31.0 Å². The highest BCUT2D eigenvalue weighted by Gasteiger charge is 2.27. The molecule has 0 unspecified atom stereocenters. The van der Waals surface area contributed by atoms with Crippen LogP contribution in [0.3, 0.4) is 0 Å². The molecule has 2 aromatic heterocycles. The second-order valence-corrected chi connectivity index (χ2v) is 7.08. The summed E-state index contributed by atoms with van der Waals surface area (Å²) in [6, 6.07) is 1.93. The Morgan fingerprint density at radius 2 is 2.25 bits per heavy atom. The molecule has 0 fully saturated rings. The Hall–Kier alpha value is -1.34. The van der Waals surface area contributed by atoms with Crippen LogP contribution in [-0.4, -0.2) is 27.8 Å². The first-order valence-electron chi connectivity index (χ1n) is 6.10. The molecular formula is C13H17N3O2S2. The molecule has 0 aliphatic carbocycles. The van der Waals surface area contributed by atoms with E-state index >= 15 is 0 Å². The quantitative estimate of drug-likeness (QED) is 0.641. The highest BCUT2D eigenvalue weighted by molar-refractivity contribution is 8.00. The Balaban J connectivity index is 2.30. The molecule has 0 saturated heterocycles. The lowest BCUT2D eigenvalue weighted by molar-refractivity contribution is -0.140. The smallest absolute Gasteiger partial charge is 0.323 e. The predicted molar refractivity (Wildman–Crippen MR) is 80.0 cm³/mol. The van der Waals surface area contributed by atoms with Crippen molar-refractivity contribution in [3.8, 4) is 0 Å². The summed E-state index contributed by atoms with van der Waals surface area (Å²) < 4.78 is 6.86. The molecule has 7 heteroatoms. The van der Waals surface area contributed by atoms with Gasteiger partial charge < -0.3 is 9.30 Å². The van der Waals surface area contributed by atoms with Crippen LogP contribution >= 0.6 is 23.1 Å². The number of carbonyl (C=O) groups excluding carboxylic acids is 1. The average molecular weight is 311 g/mol. The molecule has 0 saturated carbocycles. The van der Waals surface area contributed by atoms with Gasteiger partial charge in [-0.1, -0.05) is 11.8 Å². The molecule has 0 bridgehead atoms. The highest BCUT2D eigenvalue weighted by atomic mass is 32.2. The molecule has 0 aromatic carbocycles. The van der Waals surface area contributed by atoms with E-state index in [1.807, 2.05) is 21.4 Å². The molecule has 0 N–H and O–H groups in total. The van der Waals surface area contributed by atoms with E-state index in [1.54, 1.807) is 17.7 Å². The number of ether oxygens (including phenoxy) is 1. The van der Waals surface area contributed by atoms with Gasteiger partial charge in [-0.3, -0.25) is 4.79 Å². The molecule has 5 nitrogen and oxygen atoms in total. The number of nitrogens with zero attached hydrogens (tertiary/aromatic N) is 3. The molecule has 0 spiro atoms. The minimum atomic E-state index is -0.420. The van der Waals surface area contributed by atoms with E-state index in [1.165, 1.54) is 18.9 Å². The standard InChI is InChI=1S/C13H17N3O2S2/c1-13(2,3)16-8-14-15-12(16)20-10(11(17)18-4)9-5-6-19-7-9/h5-8,10H,1-4H3/t10-/m1/s1. The second kappa shape index (κ2) is 5.97. The van der Waals surface area contributed by atoms with Crippen molar-refractivity contribution >= 4 is 29.1 Å². The lowest BCUT2D eigenvalue weighted by atomic mass is 10.1. The lowest BCUT2D eigenvalue weighted by Crippen LogP contribution is -2.22. The van der Waals surface area contributed by atoms with Gasteiger partial charge in [0, 0.05) is 5.54 Å². The van der Waals surface area contributed by atoms with E-state index in [-0.39, 0.29) is 11.5 Å². The van der Waals surface area contributed by atoms with E-state index < -0.39 is 5.25 Å². The number of carbonyl (C=O) groups is 1. The number of hydrogen-bond donors (Lipinski definition) is 0. The van der Waals surface area contributed by atoms with Crippen molar-refractivity contribution in [3.05, 3.63) is 28.7 Å². The fourth-order valence-corrected chi connectivity index (χ4v) is 3.64. The molecule has 1 atom stereocenters. The molecule has 0 aliphatic rings.